The SMILES string of the molecule is CN1C(=O)[C@@H](Cc2ccc(O)cc2)NC(=O)CNC(=O)[C@H](Cc2ccc3ccccc3c2)NC(=O)[C@H](CCCCC(=N)N)NC(=O)[C@H]1CCCNC(=O)c1ccc(NC(=O)CN2CCN3CCN4CCN(CC2)CC(=O)[O][Ga]([O]C(=O)C3)[O]C(=O)C4)cc1. The van der Waals surface area contributed by atoms with E-state index in [-0.39, 0.29) is 94.3 Å². The van der Waals surface area contributed by atoms with E-state index < -0.39 is 101 Å². The number of aromatic hydroxyl groups is 1. The van der Waals surface area contributed by atoms with Crippen LogP contribution < -0.4 is 37.6 Å². The Hall–Kier alpha value is -8.41. The number of likely N-dealkylation sites (N-methyl/N-ethyl adjacent to an activating group) is 1. The van der Waals surface area contributed by atoms with Crippen LogP contribution in [-0.2, 0) is 66.6 Å². The number of amides is 7. The molecule has 7 amide bonds. The third kappa shape index (κ3) is 20.1. The molecule has 4 saturated heterocycles. The molecule has 4 heterocycles. The molecule has 2 unspecified atom stereocenters. The van der Waals surface area contributed by atoms with E-state index in [1.54, 1.807) is 24.3 Å². The van der Waals surface area contributed by atoms with E-state index >= 15 is 0 Å². The van der Waals surface area contributed by atoms with Crippen LogP contribution in [0.15, 0.2) is 91.0 Å². The first kappa shape index (κ1) is 65.6. The summed E-state index contributed by atoms with van der Waals surface area (Å²) in [5.74, 6) is -6.37. The molecule has 4 fully saturated rings. The van der Waals surface area contributed by atoms with Crippen molar-refractivity contribution in [3.63, 3.8) is 0 Å². The molecular weight excluding hydrogens is 1200 g/mol. The summed E-state index contributed by atoms with van der Waals surface area (Å²) in [7, 11) is 1.40. The molecule has 4 bridgehead atoms. The van der Waals surface area contributed by atoms with E-state index in [0.29, 0.717) is 82.0 Å². The molecule has 0 aromatic heterocycles. The summed E-state index contributed by atoms with van der Waals surface area (Å²) >= 11 is -4.03. The van der Waals surface area contributed by atoms with Gasteiger partial charge in [-0.15, -0.1) is 0 Å². The number of anilines is 1. The van der Waals surface area contributed by atoms with Crippen LogP contribution in [0.4, 0.5) is 5.69 Å². The number of hydrogen-bond acceptors (Lipinski definition) is 19. The Morgan fingerprint density at radius 1 is 0.648 bits per heavy atom. The molecule has 0 aliphatic carbocycles. The van der Waals surface area contributed by atoms with Gasteiger partial charge in [0.15, 0.2) is 0 Å². The van der Waals surface area contributed by atoms with E-state index in [2.05, 4.69) is 31.9 Å². The van der Waals surface area contributed by atoms with Crippen LogP contribution in [0.25, 0.3) is 10.8 Å². The van der Waals surface area contributed by atoms with Gasteiger partial charge in [0, 0.05) is 38.4 Å². The van der Waals surface area contributed by atoms with Gasteiger partial charge in [-0.3, -0.25) is 34.2 Å². The quantitative estimate of drug-likeness (QED) is 0.0272. The van der Waals surface area contributed by atoms with Gasteiger partial charge in [0.2, 0.25) is 29.5 Å². The number of nitrogens with one attached hydrogen (secondary N) is 7. The van der Waals surface area contributed by atoms with E-state index in [1.165, 1.54) is 36.2 Å². The summed E-state index contributed by atoms with van der Waals surface area (Å²) in [4.78, 5) is 146. The fourth-order valence-electron chi connectivity index (χ4n) is 10.8. The number of phenolic OH excluding ortho intramolecular Hbond substituents is 1. The van der Waals surface area contributed by atoms with Crippen molar-refractivity contribution in [2.45, 2.75) is 75.5 Å². The number of carbonyl (C=O) groups excluding carboxylic acids is 10. The molecule has 6 atom stereocenters. The summed E-state index contributed by atoms with van der Waals surface area (Å²) in [6, 6.07) is 20.5. The molecule has 4 aromatic rings. The Kier molecular flexibility index (Phi) is 23.8. The standard InChI is InChI=1S/C60H79N13O14.Ga/c1-69-49(10-6-22-63-56(83)42-16-18-44(19-17-42)65-52(76)35-70-23-25-71(36-53(77)78)27-29-73(38-55(81)82)30-28-72(26-24-70)37-54(79)80)59(86)67-46(9-4-5-11-50(61)62)58(85)68-47(33-40-12-15-41-7-2-3-8-43(41)31-40)57(84)64-34-51(75)66-48(60(69)87)32-39-13-20-45(74)21-14-39;/h2-3,7-8,12-21,31,46-49,74H,4-6,9-11,22-30,32-38H2,1H3,(H3,61,62)(H,63,83)(H,64,84)(H,65,76)(H,66,75)(H,67,86)(H,68,85)(H,77,78)(H,79,80)(H,81,82);/q;+3/p-3/t46-,47-,48+,49+;/m0./s1. The average Bonchev–Trinajstić information content (AvgIpc) is 3.71. The van der Waals surface area contributed by atoms with Gasteiger partial charge in [-0.1, -0.05) is 61.0 Å². The molecular formula is C60H76GaN13O14. The third-order valence-electron chi connectivity index (χ3n) is 15.7. The minimum atomic E-state index is -4.03. The minimum absolute atomic E-state index is 0.0182. The van der Waals surface area contributed by atoms with Crippen molar-refractivity contribution in [2.24, 2.45) is 5.73 Å². The molecule has 10 N–H and O–H groups in total. The fourth-order valence-corrected chi connectivity index (χ4v) is 12.9. The summed E-state index contributed by atoms with van der Waals surface area (Å²) < 4.78 is 16.3. The normalized spacial score (nSPS) is 23.1. The summed E-state index contributed by atoms with van der Waals surface area (Å²) in [5, 5.41) is 36.3. The maximum absolute atomic E-state index is 14.7. The van der Waals surface area contributed by atoms with E-state index in [4.69, 9.17) is 21.7 Å². The van der Waals surface area contributed by atoms with Crippen LogP contribution in [0.5, 0.6) is 5.75 Å². The number of rotatable bonds is 17. The Morgan fingerprint density at radius 2 is 1.23 bits per heavy atom. The first-order valence-electron chi connectivity index (χ1n) is 29.5. The monoisotopic (exact) mass is 1270 g/mol. The van der Waals surface area contributed by atoms with Crippen molar-refractivity contribution in [1.29, 1.82) is 5.41 Å². The number of nitrogens with zero attached hydrogens (tertiary/aromatic N) is 5. The van der Waals surface area contributed by atoms with Crippen molar-refractivity contribution in [3.05, 3.63) is 108 Å². The second kappa shape index (κ2) is 32.0. The molecule has 468 valence electrons. The molecule has 4 aliphatic rings. The van der Waals surface area contributed by atoms with Gasteiger partial charge in [-0.05, 0) is 71.8 Å². The number of nitrogens with two attached hydrogens (primary N) is 1. The predicted octanol–water partition coefficient (Wildman–Crippen LogP) is -0.750. The Bertz CT molecular complexity index is 3160. The predicted molar refractivity (Wildman–Crippen MR) is 322 cm³/mol. The van der Waals surface area contributed by atoms with Crippen molar-refractivity contribution in [3.8, 4) is 5.75 Å². The molecule has 0 saturated carbocycles. The summed E-state index contributed by atoms with van der Waals surface area (Å²) in [6.45, 7) is 2.38. The summed E-state index contributed by atoms with van der Waals surface area (Å²) in [5.41, 5.74) is 7.57. The van der Waals surface area contributed by atoms with Crippen molar-refractivity contribution in [2.75, 3.05) is 104 Å². The zero-order chi connectivity index (χ0) is 62.7. The Labute approximate surface area is 515 Å². The van der Waals surface area contributed by atoms with Crippen molar-refractivity contribution >= 4 is 98.9 Å². The smallest absolute Gasteiger partial charge is 0.0474 e. The fraction of sp³-hybridized carbons (Fsp3) is 0.450. The molecule has 4 aromatic carbocycles. The molecule has 0 spiro atoms. The Morgan fingerprint density at radius 3 is 1.85 bits per heavy atom. The van der Waals surface area contributed by atoms with Gasteiger partial charge in [-0.25, -0.2) is 0 Å². The number of carbonyl (C=O) groups is 10. The average molecular weight is 1270 g/mol. The summed E-state index contributed by atoms with van der Waals surface area (Å²) in [6.07, 6.45) is 1.12. The molecule has 27 nitrogen and oxygen atoms in total. The van der Waals surface area contributed by atoms with Gasteiger partial charge in [0.25, 0.3) is 5.91 Å². The maximum atomic E-state index is 14.7. The van der Waals surface area contributed by atoms with E-state index in [0.717, 1.165) is 10.8 Å². The number of phenols is 1. The number of benzene rings is 4. The van der Waals surface area contributed by atoms with E-state index in [9.17, 15) is 53.1 Å². The minimum Gasteiger partial charge on any atom is -0.0474 e. The topological polar surface area (TPSA) is 357 Å². The number of hydrogen-bond donors (Lipinski definition) is 9. The molecule has 28 heteroatoms. The van der Waals surface area contributed by atoms with Gasteiger partial charge in [0.1, 0.15) is 29.9 Å². The van der Waals surface area contributed by atoms with Gasteiger partial charge in [0.05, 0.1) is 12.4 Å². The van der Waals surface area contributed by atoms with Crippen LogP contribution in [0.2, 0.25) is 0 Å². The third-order valence-corrected chi connectivity index (χ3v) is 18.5. The molecule has 4 aliphatic heterocycles. The zero-order valence-corrected chi connectivity index (χ0v) is 51.6. The van der Waals surface area contributed by atoms with Gasteiger partial charge < -0.3 is 42.3 Å². The van der Waals surface area contributed by atoms with Gasteiger partial charge >= 0.3 is 192 Å². The second-order valence-electron chi connectivity index (χ2n) is 22.3. The van der Waals surface area contributed by atoms with Gasteiger partial charge in [-0.2, -0.15) is 0 Å². The van der Waals surface area contributed by atoms with Crippen LogP contribution in [0.1, 0.15) is 60.0 Å². The Balaban J connectivity index is 0.931. The van der Waals surface area contributed by atoms with Crippen molar-refractivity contribution in [1.82, 2.24) is 51.1 Å². The number of unbranched alkanes of at least 4 members (excludes halogenated alkanes) is 1. The van der Waals surface area contributed by atoms with Crippen LogP contribution in [0, 0.1) is 5.41 Å². The second-order valence-corrected chi connectivity index (χ2v) is 25.0. The molecule has 8 rings (SSSR count). The van der Waals surface area contributed by atoms with Crippen LogP contribution in [0.3, 0.4) is 0 Å². The molecule has 88 heavy (non-hydrogen) atoms. The molecule has 0 radical (unpaired) electrons. The van der Waals surface area contributed by atoms with Crippen LogP contribution >= 0.6 is 0 Å². The van der Waals surface area contributed by atoms with E-state index in [1.807, 2.05) is 62.1 Å². The van der Waals surface area contributed by atoms with Crippen molar-refractivity contribution < 1.29 is 63.6 Å². The number of fused-ring (bicyclic) bond motifs is 8. The first-order valence-corrected chi connectivity index (χ1v) is 32.5. The number of amidine groups is 1. The first-order chi connectivity index (χ1) is 42.3. The zero-order valence-electron chi connectivity index (χ0n) is 49.2. The van der Waals surface area contributed by atoms with Crippen LogP contribution in [-0.4, -0.2) is 235 Å².